The first-order valence-corrected chi connectivity index (χ1v) is 7.73. The molecule has 2 heterocycles. The van der Waals surface area contributed by atoms with Crippen LogP contribution in [0.3, 0.4) is 0 Å². The van der Waals surface area contributed by atoms with Crippen LogP contribution in [0.25, 0.3) is 0 Å². The fourth-order valence-electron chi connectivity index (χ4n) is 2.66. The van der Waals surface area contributed by atoms with Gasteiger partial charge in [-0.15, -0.1) is 0 Å². The number of aliphatic imine (C=N–C) groups is 1. The van der Waals surface area contributed by atoms with Crippen LogP contribution in [0.2, 0.25) is 0 Å². The maximum absolute atomic E-state index is 5.90. The topological polar surface area (TPSA) is 74.9 Å². The molecule has 1 atom stereocenters. The number of nitrogens with two attached hydrogens (primary N) is 1. The fourth-order valence-corrected chi connectivity index (χ4v) is 2.66. The number of benzene rings is 1. The fraction of sp³-hybridized carbons (Fsp3) is 0.438. The van der Waals surface area contributed by atoms with Crippen molar-refractivity contribution in [2.75, 3.05) is 39.4 Å². The summed E-state index contributed by atoms with van der Waals surface area (Å²) in [6.45, 7) is 5.49. The molecule has 1 saturated heterocycles. The van der Waals surface area contributed by atoms with Crippen LogP contribution in [0.4, 0.5) is 0 Å². The van der Waals surface area contributed by atoms with E-state index in [0.717, 1.165) is 45.2 Å². The summed E-state index contributed by atoms with van der Waals surface area (Å²) in [5, 5.41) is 6.56. The van der Waals surface area contributed by atoms with Crippen molar-refractivity contribution in [3.05, 3.63) is 47.8 Å². The lowest BCUT2D eigenvalue weighted by molar-refractivity contribution is 0.0387. The molecule has 0 aromatic heterocycles. The molecule has 2 aliphatic heterocycles. The molecule has 6 heteroatoms. The van der Waals surface area contributed by atoms with E-state index in [0.29, 0.717) is 5.96 Å². The van der Waals surface area contributed by atoms with E-state index in [1.807, 2.05) is 18.2 Å². The molecule has 1 fully saturated rings. The number of ether oxygens (including phenoxy) is 1. The molecule has 1 unspecified atom stereocenters. The number of hydrogen-bond donors (Lipinski definition) is 3. The van der Waals surface area contributed by atoms with E-state index in [1.165, 1.54) is 5.56 Å². The standard InChI is InChI=1S/C16H23N5O/c17-16-19-14(13-4-2-1-3-5-13)12-15(20-16)18-6-7-21-8-10-22-11-9-21/h1-5,12,14,18H,6-11H2,(H3,17,19,20). The Kier molecular flexibility index (Phi) is 4.92. The number of rotatable bonds is 5. The van der Waals surface area contributed by atoms with E-state index in [4.69, 9.17) is 10.5 Å². The molecule has 0 amide bonds. The molecular formula is C16H23N5O. The molecule has 1 aromatic carbocycles. The molecule has 3 rings (SSSR count). The lowest BCUT2D eigenvalue weighted by Gasteiger charge is -2.27. The van der Waals surface area contributed by atoms with Gasteiger partial charge in [-0.2, -0.15) is 4.99 Å². The zero-order valence-electron chi connectivity index (χ0n) is 12.7. The van der Waals surface area contributed by atoms with Crippen LogP contribution in [0, 0.1) is 0 Å². The normalized spacial score (nSPS) is 22.5. The Bertz CT molecular complexity index is 537. The summed E-state index contributed by atoms with van der Waals surface area (Å²) >= 11 is 0. The lowest BCUT2D eigenvalue weighted by Crippen LogP contribution is -2.41. The van der Waals surface area contributed by atoms with Gasteiger partial charge in [-0.25, -0.2) is 0 Å². The van der Waals surface area contributed by atoms with E-state index < -0.39 is 0 Å². The average Bonchev–Trinajstić information content (AvgIpc) is 2.56. The Morgan fingerprint density at radius 2 is 2.05 bits per heavy atom. The minimum atomic E-state index is 0.0598. The first kappa shape index (κ1) is 14.9. The molecular weight excluding hydrogens is 278 g/mol. The first-order chi connectivity index (χ1) is 10.8. The zero-order chi connectivity index (χ0) is 15.2. The molecule has 118 valence electrons. The van der Waals surface area contributed by atoms with Crippen molar-refractivity contribution in [2.24, 2.45) is 10.7 Å². The number of morpholine rings is 1. The molecule has 0 bridgehead atoms. The molecule has 0 aliphatic carbocycles. The van der Waals surface area contributed by atoms with E-state index in [-0.39, 0.29) is 6.04 Å². The van der Waals surface area contributed by atoms with Crippen molar-refractivity contribution in [3.8, 4) is 0 Å². The van der Waals surface area contributed by atoms with Crippen LogP contribution < -0.4 is 16.4 Å². The summed E-state index contributed by atoms with van der Waals surface area (Å²) < 4.78 is 5.35. The summed E-state index contributed by atoms with van der Waals surface area (Å²) in [6.07, 6.45) is 2.07. The molecule has 4 N–H and O–H groups in total. The molecule has 0 spiro atoms. The number of nitrogens with one attached hydrogen (secondary N) is 2. The van der Waals surface area contributed by atoms with Gasteiger partial charge in [0.25, 0.3) is 0 Å². The Balaban J connectivity index is 1.56. The van der Waals surface area contributed by atoms with Gasteiger partial charge in [0.15, 0.2) is 5.96 Å². The predicted molar refractivity (Wildman–Crippen MR) is 87.3 cm³/mol. The highest BCUT2D eigenvalue weighted by Gasteiger charge is 2.16. The molecule has 1 aromatic rings. The van der Waals surface area contributed by atoms with Crippen LogP contribution in [0.15, 0.2) is 47.2 Å². The van der Waals surface area contributed by atoms with Crippen LogP contribution >= 0.6 is 0 Å². The summed E-state index contributed by atoms with van der Waals surface area (Å²) in [6, 6.07) is 10.3. The van der Waals surface area contributed by atoms with Crippen LogP contribution in [0.1, 0.15) is 11.6 Å². The van der Waals surface area contributed by atoms with Crippen LogP contribution in [-0.4, -0.2) is 50.3 Å². The molecule has 0 radical (unpaired) electrons. The maximum atomic E-state index is 5.90. The monoisotopic (exact) mass is 301 g/mol. The van der Waals surface area contributed by atoms with E-state index in [1.54, 1.807) is 0 Å². The zero-order valence-corrected chi connectivity index (χ0v) is 12.7. The second-order valence-electron chi connectivity index (χ2n) is 5.46. The van der Waals surface area contributed by atoms with Gasteiger partial charge in [-0.1, -0.05) is 30.3 Å². The molecule has 22 heavy (non-hydrogen) atoms. The quantitative estimate of drug-likeness (QED) is 0.734. The largest absolute Gasteiger partial charge is 0.379 e. The average molecular weight is 301 g/mol. The summed E-state index contributed by atoms with van der Waals surface area (Å²) in [4.78, 5) is 6.72. The third-order valence-electron chi connectivity index (χ3n) is 3.87. The molecule has 2 aliphatic rings. The van der Waals surface area contributed by atoms with Crippen molar-refractivity contribution < 1.29 is 4.74 Å². The minimum Gasteiger partial charge on any atom is -0.379 e. The molecule has 0 saturated carbocycles. The Morgan fingerprint density at radius 1 is 1.27 bits per heavy atom. The van der Waals surface area contributed by atoms with Gasteiger partial charge in [0.1, 0.15) is 5.82 Å². The Hall–Kier alpha value is -2.05. The highest BCUT2D eigenvalue weighted by atomic mass is 16.5. The minimum absolute atomic E-state index is 0.0598. The van der Waals surface area contributed by atoms with Crippen LogP contribution in [0.5, 0.6) is 0 Å². The Labute approximate surface area is 131 Å². The Morgan fingerprint density at radius 3 is 2.82 bits per heavy atom. The lowest BCUT2D eigenvalue weighted by atomic mass is 10.1. The summed E-state index contributed by atoms with van der Waals surface area (Å²) in [5.41, 5.74) is 7.07. The summed E-state index contributed by atoms with van der Waals surface area (Å²) in [5.74, 6) is 1.28. The van der Waals surface area contributed by atoms with Gasteiger partial charge < -0.3 is 21.1 Å². The van der Waals surface area contributed by atoms with Crippen molar-refractivity contribution in [2.45, 2.75) is 6.04 Å². The number of nitrogens with zero attached hydrogens (tertiary/aromatic N) is 2. The molecule has 6 nitrogen and oxygen atoms in total. The van der Waals surface area contributed by atoms with Gasteiger partial charge in [-0.05, 0) is 11.6 Å². The highest BCUT2D eigenvalue weighted by Crippen LogP contribution is 2.18. The first-order valence-electron chi connectivity index (χ1n) is 7.73. The second-order valence-corrected chi connectivity index (χ2v) is 5.46. The predicted octanol–water partition coefficient (Wildman–Crippen LogP) is 0.409. The number of hydrogen-bond acceptors (Lipinski definition) is 6. The SMILES string of the molecule is NC1=NC(NCCN2CCOCC2)=CC(c2ccccc2)N1. The van der Waals surface area contributed by atoms with E-state index in [2.05, 4.69) is 38.7 Å². The van der Waals surface area contributed by atoms with Crippen molar-refractivity contribution in [1.82, 2.24) is 15.5 Å². The van der Waals surface area contributed by atoms with Gasteiger partial charge in [-0.3, -0.25) is 4.90 Å². The van der Waals surface area contributed by atoms with E-state index >= 15 is 0 Å². The van der Waals surface area contributed by atoms with Crippen molar-refractivity contribution >= 4 is 5.96 Å². The van der Waals surface area contributed by atoms with Crippen LogP contribution in [-0.2, 0) is 4.74 Å². The van der Waals surface area contributed by atoms with Crippen molar-refractivity contribution in [1.29, 1.82) is 0 Å². The maximum Gasteiger partial charge on any atom is 0.195 e. The second kappa shape index (κ2) is 7.29. The third kappa shape index (κ3) is 3.99. The highest BCUT2D eigenvalue weighted by molar-refractivity contribution is 5.80. The van der Waals surface area contributed by atoms with Gasteiger partial charge >= 0.3 is 0 Å². The van der Waals surface area contributed by atoms with Gasteiger partial charge in [0.05, 0.1) is 19.3 Å². The smallest absolute Gasteiger partial charge is 0.195 e. The van der Waals surface area contributed by atoms with Gasteiger partial charge in [0.2, 0.25) is 0 Å². The summed E-state index contributed by atoms with van der Waals surface area (Å²) in [7, 11) is 0. The van der Waals surface area contributed by atoms with Crippen molar-refractivity contribution in [3.63, 3.8) is 0 Å². The third-order valence-corrected chi connectivity index (χ3v) is 3.87. The number of guanidine groups is 1. The van der Waals surface area contributed by atoms with Gasteiger partial charge in [0, 0.05) is 26.2 Å². The van der Waals surface area contributed by atoms with E-state index in [9.17, 15) is 0 Å².